The third kappa shape index (κ3) is 5.30. The van der Waals surface area contributed by atoms with E-state index in [1.807, 2.05) is 33.2 Å². The second-order valence-corrected chi connectivity index (χ2v) is 12.9. The van der Waals surface area contributed by atoms with Gasteiger partial charge in [0.25, 0.3) is 0 Å². The van der Waals surface area contributed by atoms with E-state index in [-0.39, 0.29) is 30.2 Å². The predicted molar refractivity (Wildman–Crippen MR) is 145 cm³/mol. The second-order valence-electron chi connectivity index (χ2n) is 10.3. The lowest BCUT2D eigenvalue weighted by Crippen LogP contribution is -2.56. The van der Waals surface area contributed by atoms with Crippen molar-refractivity contribution in [1.29, 1.82) is 0 Å². The van der Waals surface area contributed by atoms with Crippen molar-refractivity contribution in [3.05, 3.63) is 41.0 Å². The van der Waals surface area contributed by atoms with Crippen LogP contribution >= 0.6 is 41.7 Å². The number of halogens is 1. The molecule has 3 atom stereocenters. The Hall–Kier alpha value is -1.21. The largest absolute Gasteiger partial charge is 0.391 e. The number of rotatable bonds is 7. The molecule has 0 bridgehead atoms. The fraction of sp³-hybridized carbons (Fsp3) is 0.542. The first-order valence-electron chi connectivity index (χ1n) is 11.4. The fourth-order valence-electron chi connectivity index (χ4n) is 4.56. The summed E-state index contributed by atoms with van der Waals surface area (Å²) in [5.74, 6) is -0.345. The SMILES string of the molecule is Cc1ncsc1-c1ccc(C2(NC(=O)[C@@H]3C[C@@H](O)CN3C(=O)[C@@H](NSI)C(C)(C)C)CC2)cc1. The number of hydrogen-bond donors (Lipinski definition) is 3. The van der Waals surface area contributed by atoms with Crippen LogP contribution in [-0.4, -0.2) is 51.5 Å². The van der Waals surface area contributed by atoms with E-state index in [9.17, 15) is 14.7 Å². The normalized spacial score (nSPS) is 22.5. The van der Waals surface area contributed by atoms with Gasteiger partial charge in [-0.25, -0.2) is 9.71 Å². The third-order valence-electron chi connectivity index (χ3n) is 6.70. The van der Waals surface area contributed by atoms with Crippen molar-refractivity contribution in [2.45, 2.75) is 70.7 Å². The molecule has 2 aliphatic rings. The molecule has 2 heterocycles. The molecule has 2 amide bonds. The molecule has 1 saturated carbocycles. The summed E-state index contributed by atoms with van der Waals surface area (Å²) in [6, 6.07) is 7.17. The highest BCUT2D eigenvalue weighted by Gasteiger charge is 2.50. The Balaban J connectivity index is 1.49. The lowest BCUT2D eigenvalue weighted by molar-refractivity contribution is -0.142. The van der Waals surface area contributed by atoms with Gasteiger partial charge in [-0.3, -0.25) is 9.59 Å². The summed E-state index contributed by atoms with van der Waals surface area (Å²) in [6.45, 7) is 8.16. The zero-order chi connectivity index (χ0) is 24.7. The summed E-state index contributed by atoms with van der Waals surface area (Å²) < 4.78 is 3.18. The number of nitrogens with one attached hydrogen (secondary N) is 2. The van der Waals surface area contributed by atoms with Gasteiger partial charge in [0.1, 0.15) is 12.1 Å². The first-order valence-corrected chi connectivity index (χ1v) is 15.6. The zero-order valence-corrected chi connectivity index (χ0v) is 23.6. The van der Waals surface area contributed by atoms with E-state index >= 15 is 0 Å². The molecule has 10 heteroatoms. The van der Waals surface area contributed by atoms with Crippen molar-refractivity contribution in [3.63, 3.8) is 0 Å². The molecule has 1 saturated heterocycles. The Morgan fingerprint density at radius 2 is 1.97 bits per heavy atom. The second kappa shape index (κ2) is 10.0. The molecule has 34 heavy (non-hydrogen) atoms. The highest BCUT2D eigenvalue weighted by atomic mass is 127. The quantitative estimate of drug-likeness (QED) is 0.320. The predicted octanol–water partition coefficient (Wildman–Crippen LogP) is 4.19. The molecule has 1 aliphatic heterocycles. The van der Waals surface area contributed by atoms with Gasteiger partial charge in [0.2, 0.25) is 11.8 Å². The van der Waals surface area contributed by atoms with Crippen molar-refractivity contribution in [2.24, 2.45) is 5.41 Å². The third-order valence-corrected chi connectivity index (χ3v) is 8.76. The Morgan fingerprint density at radius 3 is 2.50 bits per heavy atom. The van der Waals surface area contributed by atoms with E-state index in [1.165, 1.54) is 9.12 Å². The minimum Gasteiger partial charge on any atom is -0.391 e. The molecule has 3 N–H and O–H groups in total. The van der Waals surface area contributed by atoms with E-state index in [4.69, 9.17) is 0 Å². The topological polar surface area (TPSA) is 94.6 Å². The number of likely N-dealkylation sites (tertiary alicyclic amines) is 1. The van der Waals surface area contributed by atoms with Crippen molar-refractivity contribution in [3.8, 4) is 10.4 Å². The fourth-order valence-corrected chi connectivity index (χ4v) is 6.68. The maximum absolute atomic E-state index is 13.4. The number of hydrogen-bond acceptors (Lipinski definition) is 7. The van der Waals surface area contributed by atoms with Crippen LogP contribution in [0.3, 0.4) is 0 Å². The van der Waals surface area contributed by atoms with Crippen LogP contribution in [0.25, 0.3) is 10.4 Å². The van der Waals surface area contributed by atoms with Crippen LogP contribution in [0.5, 0.6) is 0 Å². The monoisotopic (exact) mass is 614 g/mol. The summed E-state index contributed by atoms with van der Waals surface area (Å²) in [4.78, 5) is 33.9. The van der Waals surface area contributed by atoms with Crippen LogP contribution in [0.2, 0.25) is 0 Å². The summed E-state index contributed by atoms with van der Waals surface area (Å²) >= 11 is 3.73. The van der Waals surface area contributed by atoms with Crippen LogP contribution in [0.1, 0.15) is 51.3 Å². The van der Waals surface area contributed by atoms with Crippen LogP contribution in [0.4, 0.5) is 0 Å². The van der Waals surface area contributed by atoms with Gasteiger partial charge in [0.05, 0.1) is 27.7 Å². The molecular weight excluding hydrogens is 583 g/mol. The van der Waals surface area contributed by atoms with Crippen LogP contribution < -0.4 is 10.0 Å². The lowest BCUT2D eigenvalue weighted by atomic mass is 9.86. The molecule has 184 valence electrons. The first-order chi connectivity index (χ1) is 16.1. The van der Waals surface area contributed by atoms with Gasteiger partial charge in [-0.2, -0.15) is 0 Å². The highest BCUT2D eigenvalue weighted by Crippen LogP contribution is 2.46. The van der Waals surface area contributed by atoms with Gasteiger partial charge in [0.15, 0.2) is 0 Å². The number of aliphatic hydroxyl groups is 1. The standard InChI is InChI=1S/C24H31IN4O3S2/c1-14-19(33-13-26-14)15-5-7-16(8-6-15)24(9-10-24)27-21(31)18-11-17(30)12-29(18)22(32)20(28-34-25)23(2,3)4/h5-8,13,17-18,20,28,30H,9-12H2,1-4H3,(H,27,31)/t17-,18+,20-/m1/s1. The van der Waals surface area contributed by atoms with Crippen LogP contribution in [-0.2, 0) is 15.1 Å². The van der Waals surface area contributed by atoms with E-state index in [1.54, 1.807) is 16.2 Å². The van der Waals surface area contributed by atoms with Crippen molar-refractivity contribution < 1.29 is 14.7 Å². The summed E-state index contributed by atoms with van der Waals surface area (Å²) in [6.07, 6.45) is 1.27. The molecule has 0 unspecified atom stereocenters. The van der Waals surface area contributed by atoms with E-state index in [0.717, 1.165) is 34.5 Å². The van der Waals surface area contributed by atoms with Gasteiger partial charge in [-0.15, -0.1) is 11.3 Å². The Bertz CT molecular complexity index is 1050. The maximum atomic E-state index is 13.4. The first kappa shape index (κ1) is 25.9. The van der Waals surface area contributed by atoms with E-state index < -0.39 is 23.7 Å². The molecule has 2 fully saturated rings. The number of carbonyl (C=O) groups is 2. The van der Waals surface area contributed by atoms with Crippen LogP contribution in [0, 0.1) is 12.3 Å². The summed E-state index contributed by atoms with van der Waals surface area (Å²) in [5.41, 5.74) is 4.32. The number of amides is 2. The highest BCUT2D eigenvalue weighted by molar-refractivity contribution is 14.2. The van der Waals surface area contributed by atoms with Gasteiger partial charge in [0, 0.05) is 34.2 Å². The molecule has 4 rings (SSSR count). The average molecular weight is 615 g/mol. The number of benzene rings is 1. The number of carbonyl (C=O) groups excluding carboxylic acids is 2. The zero-order valence-electron chi connectivity index (χ0n) is 19.8. The molecule has 7 nitrogen and oxygen atoms in total. The minimum absolute atomic E-state index is 0.150. The molecule has 1 aliphatic carbocycles. The number of aromatic nitrogens is 1. The molecule has 1 aromatic heterocycles. The van der Waals surface area contributed by atoms with Gasteiger partial charge >= 0.3 is 0 Å². The summed E-state index contributed by atoms with van der Waals surface area (Å²) in [5, 5.41) is 13.6. The van der Waals surface area contributed by atoms with Gasteiger partial charge < -0.3 is 15.3 Å². The van der Waals surface area contributed by atoms with E-state index in [2.05, 4.69) is 60.5 Å². The molecule has 1 aromatic carbocycles. The van der Waals surface area contributed by atoms with Gasteiger partial charge in [-0.1, -0.05) is 45.0 Å². The minimum atomic E-state index is -0.704. The molecule has 0 radical (unpaired) electrons. The maximum Gasteiger partial charge on any atom is 0.243 e. The number of nitrogens with zero attached hydrogens (tertiary/aromatic N) is 2. The Morgan fingerprint density at radius 1 is 1.29 bits per heavy atom. The van der Waals surface area contributed by atoms with Crippen LogP contribution in [0.15, 0.2) is 29.8 Å². The number of aryl methyl sites for hydroxylation is 1. The Labute approximate surface area is 221 Å². The molecular formula is C24H31IN4O3S2. The summed E-state index contributed by atoms with van der Waals surface area (Å²) in [7, 11) is 1.36. The molecule has 0 spiro atoms. The average Bonchev–Trinajstić information content (AvgIpc) is 3.25. The van der Waals surface area contributed by atoms with Crippen molar-refractivity contribution in [1.82, 2.24) is 19.9 Å². The lowest BCUT2D eigenvalue weighted by Gasteiger charge is -2.35. The molecule has 2 aromatic rings. The van der Waals surface area contributed by atoms with Gasteiger partial charge in [-0.05, 0) is 45.4 Å². The number of β-amino-alcohol motifs (C(OH)–C–C–N with tert-alkyl or cyclic N) is 1. The Kier molecular flexibility index (Phi) is 7.64. The smallest absolute Gasteiger partial charge is 0.243 e. The van der Waals surface area contributed by atoms with Crippen molar-refractivity contribution >= 4 is 53.5 Å². The number of aliphatic hydroxyl groups excluding tert-OH is 1. The van der Waals surface area contributed by atoms with E-state index in [0.29, 0.717) is 0 Å². The number of thiazole rings is 1. The van der Waals surface area contributed by atoms with Crippen molar-refractivity contribution in [2.75, 3.05) is 6.54 Å².